The molecule has 0 saturated heterocycles. The second-order valence-corrected chi connectivity index (χ2v) is 3.90. The van der Waals surface area contributed by atoms with E-state index in [0.717, 1.165) is 0 Å². The zero-order valence-corrected chi connectivity index (χ0v) is 7.63. The summed E-state index contributed by atoms with van der Waals surface area (Å²) in [5.74, 6) is -1.87. The first kappa shape index (κ1) is 11.3. The first-order chi connectivity index (χ1) is 5.24. The van der Waals surface area contributed by atoms with Crippen molar-refractivity contribution in [2.45, 2.75) is 19.9 Å². The Morgan fingerprint density at radius 1 is 1.50 bits per heavy atom. The van der Waals surface area contributed by atoms with E-state index in [1.165, 1.54) is 13.8 Å². The van der Waals surface area contributed by atoms with E-state index in [1.807, 2.05) is 4.72 Å². The molecule has 0 aliphatic heterocycles. The van der Waals surface area contributed by atoms with E-state index in [9.17, 15) is 13.2 Å². The van der Waals surface area contributed by atoms with Crippen molar-refractivity contribution in [1.82, 2.24) is 4.72 Å². The summed E-state index contributed by atoms with van der Waals surface area (Å²) in [6, 6.07) is -0.711. The molecular formula is C5H12N2O4S. The second-order valence-electron chi connectivity index (χ2n) is 2.58. The number of carboxylic acid groups (broad SMARTS) is 1. The van der Waals surface area contributed by atoms with Crippen LogP contribution >= 0.6 is 0 Å². The fourth-order valence-corrected chi connectivity index (χ4v) is 1.30. The van der Waals surface area contributed by atoms with Gasteiger partial charge in [-0.25, -0.2) is 5.14 Å². The van der Waals surface area contributed by atoms with Crippen LogP contribution in [0.5, 0.6) is 0 Å². The van der Waals surface area contributed by atoms with Crippen LogP contribution in [0, 0.1) is 5.92 Å². The lowest BCUT2D eigenvalue weighted by molar-refractivity contribution is -0.141. The number of carboxylic acids is 1. The van der Waals surface area contributed by atoms with Gasteiger partial charge < -0.3 is 5.11 Å². The van der Waals surface area contributed by atoms with E-state index in [1.54, 1.807) is 0 Å². The molecule has 0 aromatic rings. The fourth-order valence-electron chi connectivity index (χ4n) is 0.575. The van der Waals surface area contributed by atoms with Gasteiger partial charge in [0, 0.05) is 6.04 Å². The molecule has 0 rings (SSSR count). The van der Waals surface area contributed by atoms with Gasteiger partial charge in [0.05, 0.1) is 5.92 Å². The molecule has 6 nitrogen and oxygen atoms in total. The molecule has 12 heavy (non-hydrogen) atoms. The van der Waals surface area contributed by atoms with E-state index >= 15 is 0 Å². The van der Waals surface area contributed by atoms with Gasteiger partial charge in [-0.05, 0) is 6.92 Å². The zero-order valence-electron chi connectivity index (χ0n) is 6.81. The summed E-state index contributed by atoms with van der Waals surface area (Å²) in [4.78, 5) is 10.4. The molecule has 0 aliphatic carbocycles. The van der Waals surface area contributed by atoms with E-state index in [-0.39, 0.29) is 0 Å². The van der Waals surface area contributed by atoms with Gasteiger partial charge in [0.25, 0.3) is 10.2 Å². The molecule has 72 valence electrons. The Labute approximate surface area is 70.9 Å². The molecule has 0 aliphatic rings. The van der Waals surface area contributed by atoms with Gasteiger partial charge in [0.15, 0.2) is 0 Å². The lowest BCUT2D eigenvalue weighted by Gasteiger charge is -2.15. The van der Waals surface area contributed by atoms with Crippen molar-refractivity contribution in [2.75, 3.05) is 0 Å². The third-order valence-corrected chi connectivity index (χ3v) is 2.19. The summed E-state index contributed by atoms with van der Waals surface area (Å²) < 4.78 is 22.9. The zero-order chi connectivity index (χ0) is 9.94. The minimum atomic E-state index is -3.82. The number of nitrogens with one attached hydrogen (secondary N) is 1. The number of nitrogens with two attached hydrogens (primary N) is 1. The Kier molecular flexibility index (Phi) is 3.62. The molecule has 0 spiro atoms. The number of hydrogen-bond donors (Lipinski definition) is 3. The van der Waals surface area contributed by atoms with Gasteiger partial charge >= 0.3 is 5.97 Å². The van der Waals surface area contributed by atoms with Crippen LogP contribution in [0.1, 0.15) is 13.8 Å². The van der Waals surface area contributed by atoms with Gasteiger partial charge in [-0.2, -0.15) is 13.1 Å². The molecule has 4 N–H and O–H groups in total. The Balaban J connectivity index is 4.23. The summed E-state index contributed by atoms with van der Waals surface area (Å²) >= 11 is 0. The second kappa shape index (κ2) is 3.83. The molecule has 2 atom stereocenters. The molecule has 7 heteroatoms. The first-order valence-corrected chi connectivity index (χ1v) is 4.81. The fraction of sp³-hybridized carbons (Fsp3) is 0.800. The van der Waals surface area contributed by atoms with Crippen molar-refractivity contribution in [3.8, 4) is 0 Å². The van der Waals surface area contributed by atoms with E-state index in [2.05, 4.69) is 5.14 Å². The third kappa shape index (κ3) is 4.27. The van der Waals surface area contributed by atoms with Crippen LogP contribution in [-0.2, 0) is 15.0 Å². The highest BCUT2D eigenvalue weighted by Gasteiger charge is 2.21. The Morgan fingerprint density at radius 2 is 1.92 bits per heavy atom. The number of aliphatic carboxylic acids is 1. The van der Waals surface area contributed by atoms with Crippen molar-refractivity contribution in [1.29, 1.82) is 0 Å². The maximum absolute atomic E-state index is 10.4. The van der Waals surface area contributed by atoms with Crippen LogP contribution < -0.4 is 9.86 Å². The lowest BCUT2D eigenvalue weighted by atomic mass is 10.1. The van der Waals surface area contributed by atoms with Crippen LogP contribution in [-0.4, -0.2) is 25.5 Å². The summed E-state index contributed by atoms with van der Waals surface area (Å²) in [7, 11) is -3.82. The van der Waals surface area contributed by atoms with Crippen LogP contribution in [0.3, 0.4) is 0 Å². The van der Waals surface area contributed by atoms with Gasteiger partial charge in [-0.3, -0.25) is 4.79 Å². The largest absolute Gasteiger partial charge is 0.481 e. The Bertz CT molecular complexity index is 261. The third-order valence-electron chi connectivity index (χ3n) is 1.49. The summed E-state index contributed by atoms with van der Waals surface area (Å²) in [6.07, 6.45) is 0. The predicted molar refractivity (Wildman–Crippen MR) is 42.5 cm³/mol. The highest BCUT2D eigenvalue weighted by atomic mass is 32.2. The molecule has 0 bridgehead atoms. The molecule has 0 heterocycles. The van der Waals surface area contributed by atoms with Gasteiger partial charge in [0.1, 0.15) is 0 Å². The van der Waals surface area contributed by atoms with Crippen molar-refractivity contribution in [2.24, 2.45) is 11.1 Å². The summed E-state index contributed by atoms with van der Waals surface area (Å²) in [6.45, 7) is 2.83. The van der Waals surface area contributed by atoms with Crippen molar-refractivity contribution in [3.63, 3.8) is 0 Å². The smallest absolute Gasteiger partial charge is 0.307 e. The van der Waals surface area contributed by atoms with Crippen molar-refractivity contribution in [3.05, 3.63) is 0 Å². The Hall–Kier alpha value is -0.660. The molecule has 2 unspecified atom stereocenters. The highest BCUT2D eigenvalue weighted by Crippen LogP contribution is 2.02. The molecule has 0 radical (unpaired) electrons. The lowest BCUT2D eigenvalue weighted by Crippen LogP contribution is -2.43. The highest BCUT2D eigenvalue weighted by molar-refractivity contribution is 7.87. The van der Waals surface area contributed by atoms with Crippen molar-refractivity contribution < 1.29 is 18.3 Å². The Morgan fingerprint density at radius 3 is 2.17 bits per heavy atom. The SMILES string of the molecule is CC(NS(N)(=O)=O)C(C)C(=O)O. The van der Waals surface area contributed by atoms with E-state index < -0.39 is 28.1 Å². The van der Waals surface area contributed by atoms with E-state index in [4.69, 9.17) is 5.11 Å². The number of hydrogen-bond acceptors (Lipinski definition) is 3. The predicted octanol–water partition coefficient (Wildman–Crippen LogP) is -1.11. The first-order valence-electron chi connectivity index (χ1n) is 3.27. The number of carbonyl (C=O) groups is 1. The van der Waals surface area contributed by atoms with Crippen LogP contribution in [0.25, 0.3) is 0 Å². The molecule has 0 aromatic heterocycles. The minimum Gasteiger partial charge on any atom is -0.481 e. The van der Waals surface area contributed by atoms with E-state index in [0.29, 0.717) is 0 Å². The van der Waals surface area contributed by atoms with Crippen molar-refractivity contribution >= 4 is 16.2 Å². The average molecular weight is 196 g/mol. The van der Waals surface area contributed by atoms with Crippen LogP contribution in [0.2, 0.25) is 0 Å². The van der Waals surface area contributed by atoms with Gasteiger partial charge in [-0.15, -0.1) is 0 Å². The van der Waals surface area contributed by atoms with Crippen LogP contribution in [0.15, 0.2) is 0 Å². The average Bonchev–Trinajstić information content (AvgIpc) is 1.82. The molecule has 0 saturated carbocycles. The maximum Gasteiger partial charge on any atom is 0.307 e. The summed E-state index contributed by atoms with van der Waals surface area (Å²) in [5, 5.41) is 13.1. The molecule has 0 amide bonds. The summed E-state index contributed by atoms with van der Waals surface area (Å²) in [5.41, 5.74) is 0. The van der Waals surface area contributed by atoms with Gasteiger partial charge in [-0.1, -0.05) is 6.92 Å². The maximum atomic E-state index is 10.4. The molecule has 0 aromatic carbocycles. The standard InChI is InChI=1S/C5H12N2O4S/c1-3(5(8)9)4(2)7-12(6,10)11/h3-4,7H,1-2H3,(H,8,9)(H2,6,10,11). The monoisotopic (exact) mass is 196 g/mol. The quantitative estimate of drug-likeness (QED) is 0.529. The topological polar surface area (TPSA) is 109 Å². The molecular weight excluding hydrogens is 184 g/mol. The molecule has 0 fully saturated rings. The number of rotatable bonds is 4. The minimum absolute atomic E-state index is 0.711. The normalized spacial score (nSPS) is 16.9. The van der Waals surface area contributed by atoms with Crippen LogP contribution in [0.4, 0.5) is 0 Å². The van der Waals surface area contributed by atoms with Gasteiger partial charge in [0.2, 0.25) is 0 Å².